The second-order valence-electron chi connectivity index (χ2n) is 7.36. The van der Waals surface area contributed by atoms with Gasteiger partial charge in [0, 0.05) is 30.9 Å². The van der Waals surface area contributed by atoms with Crippen LogP contribution >= 0.6 is 0 Å². The molecule has 0 radical (unpaired) electrons. The molecule has 5 nitrogen and oxygen atoms in total. The van der Waals surface area contributed by atoms with Crippen LogP contribution in [0.2, 0.25) is 0 Å². The van der Waals surface area contributed by atoms with Crippen LogP contribution in [-0.2, 0) is 15.0 Å². The normalized spacial score (nSPS) is 21.9. The predicted octanol–water partition coefficient (Wildman–Crippen LogP) is 3.61. The van der Waals surface area contributed by atoms with E-state index in [9.17, 15) is 22.8 Å². The number of benzene rings is 1. The number of imide groups is 1. The molecule has 29 heavy (non-hydrogen) atoms. The van der Waals surface area contributed by atoms with E-state index in [0.717, 1.165) is 24.4 Å². The number of anilines is 1. The van der Waals surface area contributed by atoms with Crippen molar-refractivity contribution in [1.29, 1.82) is 5.26 Å². The van der Waals surface area contributed by atoms with Gasteiger partial charge in [-0.2, -0.15) is 18.4 Å². The first kappa shape index (κ1) is 20.4. The molecule has 2 amide bonds. The molecule has 2 aliphatic heterocycles. The molecule has 0 bridgehead atoms. The first-order chi connectivity index (χ1) is 13.4. The standard InChI is InChI=1S/C21H18F3N3O2/c1-20(2)14-7-5-6-8-15(14)26(3)16(20)10-9-12-17(21(22,23)24)13(11-25)19(29)27(4)18(12)28/h5-10H,1-4H3/b12-9?,16-10-. The van der Waals surface area contributed by atoms with Gasteiger partial charge in [-0.25, -0.2) is 0 Å². The van der Waals surface area contributed by atoms with E-state index in [1.165, 1.54) is 12.1 Å². The molecule has 0 saturated carbocycles. The number of para-hydroxylation sites is 1. The van der Waals surface area contributed by atoms with Gasteiger partial charge in [0.05, 0.1) is 11.1 Å². The van der Waals surface area contributed by atoms with Crippen LogP contribution in [0.1, 0.15) is 19.4 Å². The predicted molar refractivity (Wildman–Crippen MR) is 101 cm³/mol. The maximum Gasteiger partial charge on any atom is 0.418 e. The van der Waals surface area contributed by atoms with Gasteiger partial charge in [-0.1, -0.05) is 32.0 Å². The number of rotatable bonds is 1. The summed E-state index contributed by atoms with van der Waals surface area (Å²) in [6, 6.07) is 8.88. The average molecular weight is 401 g/mol. The largest absolute Gasteiger partial charge is 0.418 e. The van der Waals surface area contributed by atoms with Gasteiger partial charge < -0.3 is 4.90 Å². The lowest BCUT2D eigenvalue weighted by Gasteiger charge is -2.27. The van der Waals surface area contributed by atoms with Crippen LogP contribution in [0.3, 0.4) is 0 Å². The van der Waals surface area contributed by atoms with E-state index in [1.807, 2.05) is 43.0 Å². The molecule has 8 heteroatoms. The SMILES string of the molecule is CN1C(=O)C(=C/C=C2\N(C)c3ccccc3C2(C)C)C(C(F)(F)F)=C(C#N)C1=O. The molecular weight excluding hydrogens is 383 g/mol. The number of carbonyl (C=O) groups is 2. The van der Waals surface area contributed by atoms with Gasteiger partial charge in [0.25, 0.3) is 11.8 Å². The third-order valence-corrected chi connectivity index (χ3v) is 5.32. The molecule has 1 aromatic rings. The number of hydrogen-bond acceptors (Lipinski definition) is 4. The molecule has 0 aromatic heterocycles. The highest BCUT2D eigenvalue weighted by atomic mass is 19.4. The lowest BCUT2D eigenvalue weighted by Crippen LogP contribution is -2.42. The van der Waals surface area contributed by atoms with Crippen LogP contribution in [0.15, 0.2) is 58.8 Å². The zero-order valence-corrected chi connectivity index (χ0v) is 16.3. The lowest BCUT2D eigenvalue weighted by atomic mass is 9.83. The molecule has 0 fully saturated rings. The molecule has 0 aliphatic carbocycles. The zero-order valence-electron chi connectivity index (χ0n) is 16.3. The molecule has 0 spiro atoms. The van der Waals surface area contributed by atoms with Crippen LogP contribution in [0.4, 0.5) is 18.9 Å². The Kier molecular flexibility index (Phi) is 4.66. The minimum Gasteiger partial charge on any atom is -0.347 e. The summed E-state index contributed by atoms with van der Waals surface area (Å²) < 4.78 is 40.9. The monoisotopic (exact) mass is 401 g/mol. The maximum atomic E-state index is 13.6. The van der Waals surface area contributed by atoms with Gasteiger partial charge in [-0.15, -0.1) is 0 Å². The number of amides is 2. The second-order valence-corrected chi connectivity index (χ2v) is 7.36. The Labute approximate surface area is 166 Å². The summed E-state index contributed by atoms with van der Waals surface area (Å²) in [6.45, 7) is 3.86. The lowest BCUT2D eigenvalue weighted by molar-refractivity contribution is -0.141. The van der Waals surface area contributed by atoms with Crippen molar-refractivity contribution < 1.29 is 22.8 Å². The maximum absolute atomic E-state index is 13.6. The summed E-state index contributed by atoms with van der Waals surface area (Å²) in [6.07, 6.45) is -2.54. The molecule has 0 unspecified atom stereocenters. The van der Waals surface area contributed by atoms with Gasteiger partial charge >= 0.3 is 6.18 Å². The van der Waals surface area contributed by atoms with Crippen LogP contribution in [0.5, 0.6) is 0 Å². The number of halogens is 3. The third kappa shape index (κ3) is 3.03. The van der Waals surface area contributed by atoms with Crippen molar-refractivity contribution in [2.45, 2.75) is 25.4 Å². The highest BCUT2D eigenvalue weighted by Gasteiger charge is 2.48. The fourth-order valence-corrected chi connectivity index (χ4v) is 3.81. The Morgan fingerprint density at radius 3 is 2.21 bits per heavy atom. The van der Waals surface area contributed by atoms with E-state index in [-0.39, 0.29) is 0 Å². The Morgan fingerprint density at radius 1 is 1.03 bits per heavy atom. The van der Waals surface area contributed by atoms with Crippen molar-refractivity contribution in [2.24, 2.45) is 0 Å². The van der Waals surface area contributed by atoms with Crippen LogP contribution in [-0.4, -0.2) is 37.0 Å². The Morgan fingerprint density at radius 2 is 1.66 bits per heavy atom. The summed E-state index contributed by atoms with van der Waals surface area (Å²) in [5, 5.41) is 9.12. The average Bonchev–Trinajstić information content (AvgIpc) is 2.84. The highest BCUT2D eigenvalue weighted by Crippen LogP contribution is 2.47. The smallest absolute Gasteiger partial charge is 0.347 e. The quantitative estimate of drug-likeness (QED) is 0.533. The molecule has 2 aliphatic rings. The number of nitrogens with zero attached hydrogens (tertiary/aromatic N) is 3. The summed E-state index contributed by atoms with van der Waals surface area (Å²) in [4.78, 5) is 26.8. The van der Waals surface area contributed by atoms with Gasteiger partial charge in [-0.3, -0.25) is 14.5 Å². The van der Waals surface area contributed by atoms with Gasteiger partial charge in [0.2, 0.25) is 0 Å². The topological polar surface area (TPSA) is 64.4 Å². The van der Waals surface area contributed by atoms with E-state index in [2.05, 4.69) is 0 Å². The van der Waals surface area contributed by atoms with Crippen LogP contribution < -0.4 is 4.90 Å². The summed E-state index contributed by atoms with van der Waals surface area (Å²) in [5.41, 5.74) is -1.25. The van der Waals surface area contributed by atoms with Crippen molar-refractivity contribution in [1.82, 2.24) is 4.90 Å². The summed E-state index contributed by atoms with van der Waals surface area (Å²) >= 11 is 0. The van der Waals surface area contributed by atoms with Crippen molar-refractivity contribution in [3.8, 4) is 6.07 Å². The summed E-state index contributed by atoms with van der Waals surface area (Å²) in [7, 11) is 2.84. The van der Waals surface area contributed by atoms with Gasteiger partial charge in [-0.05, 0) is 23.8 Å². The van der Waals surface area contributed by atoms with Crippen molar-refractivity contribution >= 4 is 17.5 Å². The minimum absolute atomic E-state index is 0.512. The van der Waals surface area contributed by atoms with Gasteiger partial charge in [0.15, 0.2) is 0 Å². The fourth-order valence-electron chi connectivity index (χ4n) is 3.81. The molecule has 0 atom stereocenters. The van der Waals surface area contributed by atoms with E-state index in [4.69, 9.17) is 5.26 Å². The zero-order chi connectivity index (χ0) is 21.7. The number of allylic oxidation sites excluding steroid dienone is 3. The Balaban J connectivity index is 2.21. The number of hydrogen-bond donors (Lipinski definition) is 0. The van der Waals surface area contributed by atoms with E-state index in [0.29, 0.717) is 10.6 Å². The summed E-state index contributed by atoms with van der Waals surface area (Å²) in [5.74, 6) is -2.37. The molecule has 3 rings (SSSR count). The number of nitriles is 1. The number of carbonyl (C=O) groups excluding carboxylic acids is 2. The third-order valence-electron chi connectivity index (χ3n) is 5.32. The molecule has 150 valence electrons. The molecular formula is C21H18F3N3O2. The van der Waals surface area contributed by atoms with Crippen molar-refractivity contribution in [3.05, 3.63) is 64.4 Å². The molecule has 0 N–H and O–H groups in total. The van der Waals surface area contributed by atoms with E-state index < -0.39 is 40.1 Å². The molecule has 0 saturated heterocycles. The van der Waals surface area contributed by atoms with E-state index in [1.54, 1.807) is 7.05 Å². The Bertz CT molecular complexity index is 1060. The highest BCUT2D eigenvalue weighted by molar-refractivity contribution is 6.18. The minimum atomic E-state index is -5.03. The van der Waals surface area contributed by atoms with E-state index >= 15 is 0 Å². The number of alkyl halides is 3. The van der Waals surface area contributed by atoms with Crippen molar-refractivity contribution in [2.75, 3.05) is 19.0 Å². The van der Waals surface area contributed by atoms with Crippen molar-refractivity contribution in [3.63, 3.8) is 0 Å². The fraction of sp³-hybridized carbons (Fsp3) is 0.286. The number of likely N-dealkylation sites (N-methyl/N-ethyl adjacent to an activating group) is 2. The first-order valence-corrected chi connectivity index (χ1v) is 8.73. The first-order valence-electron chi connectivity index (χ1n) is 8.73. The van der Waals surface area contributed by atoms with Crippen LogP contribution in [0.25, 0.3) is 0 Å². The van der Waals surface area contributed by atoms with Crippen LogP contribution in [0, 0.1) is 11.3 Å². The second kappa shape index (κ2) is 6.62. The van der Waals surface area contributed by atoms with Gasteiger partial charge in [0.1, 0.15) is 11.6 Å². The molecule has 2 heterocycles. The molecule has 1 aromatic carbocycles. The Hall–Kier alpha value is -3.34. The number of fused-ring (bicyclic) bond motifs is 1.